The molecule has 0 spiro atoms. The highest BCUT2D eigenvalue weighted by Gasteiger charge is 2.24. The first-order valence-corrected chi connectivity index (χ1v) is 10.1. The van der Waals surface area contributed by atoms with E-state index in [0.717, 1.165) is 35.2 Å². The molecule has 0 amide bonds. The van der Waals surface area contributed by atoms with Gasteiger partial charge in [0.25, 0.3) is 0 Å². The van der Waals surface area contributed by atoms with Crippen LogP contribution in [0, 0.1) is 0 Å². The Morgan fingerprint density at radius 2 is 1.93 bits per heavy atom. The molecule has 0 bridgehead atoms. The predicted octanol–water partition coefficient (Wildman–Crippen LogP) is 6.01. The molecule has 0 radical (unpaired) electrons. The van der Waals surface area contributed by atoms with Crippen molar-refractivity contribution in [1.82, 2.24) is 9.97 Å². The number of ketones is 1. The highest BCUT2D eigenvalue weighted by Crippen LogP contribution is 2.34. The van der Waals surface area contributed by atoms with Crippen molar-refractivity contribution in [3.8, 4) is 11.6 Å². The number of hydrogen-bond donors (Lipinski definition) is 0. The molecule has 29 heavy (non-hydrogen) atoms. The summed E-state index contributed by atoms with van der Waals surface area (Å²) in [5, 5.41) is 0.570. The van der Waals surface area contributed by atoms with Crippen LogP contribution in [0.4, 0.5) is 0 Å². The molecular formula is C24H21ClN2O2. The average molecular weight is 405 g/mol. The smallest absolute Gasteiger partial charge is 0.219 e. The largest absolute Gasteiger partial charge is 0.439 e. The Morgan fingerprint density at radius 1 is 1.10 bits per heavy atom. The first kappa shape index (κ1) is 19.3. The van der Waals surface area contributed by atoms with Gasteiger partial charge in [0, 0.05) is 30.8 Å². The summed E-state index contributed by atoms with van der Waals surface area (Å²) in [6.45, 7) is 2.07. The van der Waals surface area contributed by atoms with E-state index < -0.39 is 0 Å². The molecule has 2 aromatic heterocycles. The Labute approximate surface area is 175 Å². The van der Waals surface area contributed by atoms with E-state index in [1.165, 1.54) is 0 Å². The van der Waals surface area contributed by atoms with Gasteiger partial charge in [-0.2, -0.15) is 0 Å². The number of pyridine rings is 2. The molecule has 5 heteroatoms. The fraction of sp³-hybridized carbons (Fsp3) is 0.208. The molecule has 1 atom stereocenters. The highest BCUT2D eigenvalue weighted by atomic mass is 35.5. The van der Waals surface area contributed by atoms with Gasteiger partial charge < -0.3 is 4.74 Å². The summed E-state index contributed by atoms with van der Waals surface area (Å²) >= 11 is 5.85. The zero-order chi connectivity index (χ0) is 20.2. The summed E-state index contributed by atoms with van der Waals surface area (Å²) in [6, 6.07) is 15.4. The van der Waals surface area contributed by atoms with Crippen molar-refractivity contribution < 1.29 is 9.53 Å². The maximum absolute atomic E-state index is 12.5. The number of rotatable bonds is 5. The van der Waals surface area contributed by atoms with Crippen LogP contribution in [0.1, 0.15) is 42.5 Å². The van der Waals surface area contributed by atoms with Gasteiger partial charge in [0.2, 0.25) is 5.88 Å². The molecule has 2 heterocycles. The molecule has 0 N–H and O–H groups in total. The van der Waals surface area contributed by atoms with Crippen molar-refractivity contribution in [2.24, 2.45) is 0 Å². The summed E-state index contributed by atoms with van der Waals surface area (Å²) in [5.74, 6) is 1.42. The molecule has 0 saturated carbocycles. The maximum Gasteiger partial charge on any atom is 0.219 e. The van der Waals surface area contributed by atoms with Crippen LogP contribution >= 0.6 is 11.6 Å². The summed E-state index contributed by atoms with van der Waals surface area (Å²) in [4.78, 5) is 21.2. The number of aromatic nitrogens is 2. The van der Waals surface area contributed by atoms with Crippen LogP contribution in [-0.2, 0) is 11.2 Å². The first-order valence-electron chi connectivity index (χ1n) is 9.69. The van der Waals surface area contributed by atoms with Gasteiger partial charge in [-0.3, -0.25) is 9.78 Å². The first-order chi connectivity index (χ1) is 14.1. The molecule has 0 fully saturated rings. The molecule has 4 rings (SSSR count). The van der Waals surface area contributed by atoms with Gasteiger partial charge in [-0.05, 0) is 59.9 Å². The molecule has 1 aliphatic rings. The fourth-order valence-electron chi connectivity index (χ4n) is 3.67. The van der Waals surface area contributed by atoms with E-state index >= 15 is 0 Å². The minimum absolute atomic E-state index is 0.0590. The van der Waals surface area contributed by atoms with Crippen molar-refractivity contribution in [2.45, 2.75) is 32.1 Å². The van der Waals surface area contributed by atoms with Crippen LogP contribution in [0.5, 0.6) is 11.6 Å². The van der Waals surface area contributed by atoms with Gasteiger partial charge in [0.05, 0.1) is 10.7 Å². The van der Waals surface area contributed by atoms with E-state index in [4.69, 9.17) is 16.3 Å². The second-order valence-corrected chi connectivity index (χ2v) is 7.53. The number of carbonyl (C=O) groups excluding carboxylic acids is 1. The molecule has 1 unspecified atom stereocenters. The number of benzene rings is 1. The van der Waals surface area contributed by atoms with Crippen molar-refractivity contribution >= 4 is 23.0 Å². The zero-order valence-electron chi connectivity index (χ0n) is 16.1. The monoisotopic (exact) mass is 404 g/mol. The Bertz CT molecular complexity index is 1040. The molecule has 4 nitrogen and oxygen atoms in total. The number of fused-ring (bicyclic) bond motifs is 1. The standard InChI is InChI=1S/C24H21ClN2O2/c1-2-17-13-20(28)14-18(24-22(17)4-3-11-26-24)12-16-5-8-21(9-6-16)29-23-10-7-19(25)15-27-23/h3-11,13,15,18H,2,12,14H2,1H3. The Kier molecular flexibility index (Phi) is 5.72. The number of carbonyl (C=O) groups is 1. The SMILES string of the molecule is CCC1=CC(=O)CC(Cc2ccc(Oc3ccc(Cl)cn3)cc2)c2ncccc21. The number of hydrogen-bond acceptors (Lipinski definition) is 4. The van der Waals surface area contributed by atoms with E-state index in [0.29, 0.717) is 23.1 Å². The predicted molar refractivity (Wildman–Crippen MR) is 114 cm³/mol. The van der Waals surface area contributed by atoms with Gasteiger partial charge in [0.15, 0.2) is 5.78 Å². The lowest BCUT2D eigenvalue weighted by Gasteiger charge is -2.17. The second kappa shape index (κ2) is 8.58. The van der Waals surface area contributed by atoms with Crippen LogP contribution < -0.4 is 4.74 Å². The van der Waals surface area contributed by atoms with Gasteiger partial charge in [-0.15, -0.1) is 0 Å². The molecule has 0 aliphatic heterocycles. The van der Waals surface area contributed by atoms with Crippen molar-refractivity contribution in [3.05, 3.63) is 88.8 Å². The molecule has 1 aromatic carbocycles. The van der Waals surface area contributed by atoms with Gasteiger partial charge >= 0.3 is 0 Å². The van der Waals surface area contributed by atoms with E-state index in [9.17, 15) is 4.79 Å². The summed E-state index contributed by atoms with van der Waals surface area (Å²) < 4.78 is 5.76. The number of allylic oxidation sites excluding steroid dienone is 2. The molecule has 3 aromatic rings. The second-order valence-electron chi connectivity index (χ2n) is 7.09. The molecule has 0 saturated heterocycles. The van der Waals surface area contributed by atoms with Crippen molar-refractivity contribution in [2.75, 3.05) is 0 Å². The molecular weight excluding hydrogens is 384 g/mol. The average Bonchev–Trinajstić information content (AvgIpc) is 2.87. The lowest BCUT2D eigenvalue weighted by molar-refractivity contribution is -0.114. The van der Waals surface area contributed by atoms with Gasteiger partial charge in [-0.1, -0.05) is 36.7 Å². The van der Waals surface area contributed by atoms with Gasteiger partial charge in [-0.25, -0.2) is 4.98 Å². The summed E-state index contributed by atoms with van der Waals surface area (Å²) in [7, 11) is 0. The minimum atomic E-state index is 0.0590. The summed E-state index contributed by atoms with van der Waals surface area (Å²) in [6.07, 6.45) is 7.20. The Morgan fingerprint density at radius 3 is 2.66 bits per heavy atom. The van der Waals surface area contributed by atoms with E-state index in [2.05, 4.69) is 23.0 Å². The van der Waals surface area contributed by atoms with Crippen molar-refractivity contribution in [3.63, 3.8) is 0 Å². The quantitative estimate of drug-likeness (QED) is 0.522. The van der Waals surface area contributed by atoms with Crippen LogP contribution in [0.2, 0.25) is 5.02 Å². The normalized spacial score (nSPS) is 16.0. The lowest BCUT2D eigenvalue weighted by atomic mass is 9.89. The zero-order valence-corrected chi connectivity index (χ0v) is 16.9. The third-order valence-electron chi connectivity index (χ3n) is 5.06. The van der Waals surface area contributed by atoms with Crippen LogP contribution in [0.25, 0.3) is 5.57 Å². The third kappa shape index (κ3) is 4.54. The molecule has 146 valence electrons. The Balaban J connectivity index is 1.53. The number of nitrogens with zero attached hydrogens (tertiary/aromatic N) is 2. The topological polar surface area (TPSA) is 52.1 Å². The maximum atomic E-state index is 12.5. The van der Waals surface area contributed by atoms with Crippen LogP contribution in [0.15, 0.2) is 67.0 Å². The van der Waals surface area contributed by atoms with Crippen LogP contribution in [-0.4, -0.2) is 15.8 Å². The minimum Gasteiger partial charge on any atom is -0.439 e. The fourth-order valence-corrected chi connectivity index (χ4v) is 3.78. The summed E-state index contributed by atoms with van der Waals surface area (Å²) in [5.41, 5.74) is 4.31. The number of halogens is 1. The van der Waals surface area contributed by atoms with E-state index in [1.807, 2.05) is 36.5 Å². The number of ether oxygens (including phenoxy) is 1. The molecule has 1 aliphatic carbocycles. The van der Waals surface area contributed by atoms with Crippen LogP contribution in [0.3, 0.4) is 0 Å². The van der Waals surface area contributed by atoms with E-state index in [1.54, 1.807) is 24.4 Å². The highest BCUT2D eigenvalue weighted by molar-refractivity contribution is 6.30. The van der Waals surface area contributed by atoms with E-state index in [-0.39, 0.29) is 11.7 Å². The van der Waals surface area contributed by atoms with Gasteiger partial charge in [0.1, 0.15) is 5.75 Å². The third-order valence-corrected chi connectivity index (χ3v) is 5.29. The Hall–Kier alpha value is -2.98. The van der Waals surface area contributed by atoms with Crippen molar-refractivity contribution in [1.29, 1.82) is 0 Å². The lowest BCUT2D eigenvalue weighted by Crippen LogP contribution is -2.09.